The van der Waals surface area contributed by atoms with Gasteiger partial charge in [0, 0.05) is 0 Å². The zero-order valence-corrected chi connectivity index (χ0v) is 15.8. The largest absolute Gasteiger partial charge is 0.493 e. The Bertz CT molecular complexity index is 938. The van der Waals surface area contributed by atoms with Crippen molar-refractivity contribution in [2.24, 2.45) is 0 Å². The monoisotopic (exact) mass is 392 g/mol. The van der Waals surface area contributed by atoms with Gasteiger partial charge in [0.2, 0.25) is 5.28 Å². The molecule has 0 radical (unpaired) electrons. The van der Waals surface area contributed by atoms with Crippen LogP contribution in [0.2, 0.25) is 10.4 Å². The Balaban J connectivity index is 1.64. The van der Waals surface area contributed by atoms with Gasteiger partial charge in [0.1, 0.15) is 5.52 Å². The van der Waals surface area contributed by atoms with Crippen LogP contribution < -0.4 is 9.47 Å². The van der Waals surface area contributed by atoms with Crippen molar-refractivity contribution in [3.63, 3.8) is 0 Å². The number of ether oxygens (including phenoxy) is 2. The van der Waals surface area contributed by atoms with Crippen molar-refractivity contribution in [3.8, 4) is 11.5 Å². The molecule has 1 aliphatic carbocycles. The SMILES string of the molecule is COc1ccc(Cn2cnc3c(Cl)nc(Cl)nc32)cc1OC1CCCC1. The van der Waals surface area contributed by atoms with Gasteiger partial charge in [-0.15, -0.1) is 0 Å². The number of halogens is 2. The summed E-state index contributed by atoms with van der Waals surface area (Å²) in [6.07, 6.45) is 6.56. The first-order valence-corrected chi connectivity index (χ1v) is 9.27. The summed E-state index contributed by atoms with van der Waals surface area (Å²) in [4.78, 5) is 12.5. The highest BCUT2D eigenvalue weighted by molar-refractivity contribution is 6.35. The number of hydrogen-bond acceptors (Lipinski definition) is 5. The van der Waals surface area contributed by atoms with Gasteiger partial charge < -0.3 is 14.0 Å². The molecule has 1 fully saturated rings. The molecule has 1 aromatic carbocycles. The molecule has 136 valence electrons. The minimum atomic E-state index is 0.101. The number of benzene rings is 1. The molecule has 8 heteroatoms. The molecule has 2 aromatic heterocycles. The van der Waals surface area contributed by atoms with Gasteiger partial charge in [0.15, 0.2) is 22.3 Å². The second-order valence-electron chi connectivity index (χ2n) is 6.34. The molecule has 0 saturated heterocycles. The van der Waals surface area contributed by atoms with E-state index in [0.717, 1.165) is 29.9 Å². The second kappa shape index (κ2) is 7.29. The van der Waals surface area contributed by atoms with Crippen molar-refractivity contribution in [1.82, 2.24) is 19.5 Å². The average Bonchev–Trinajstić information content (AvgIpc) is 3.26. The normalized spacial score (nSPS) is 14.9. The maximum atomic E-state index is 6.17. The molecular weight excluding hydrogens is 375 g/mol. The average molecular weight is 393 g/mol. The fraction of sp³-hybridized carbons (Fsp3) is 0.389. The molecule has 0 atom stereocenters. The highest BCUT2D eigenvalue weighted by atomic mass is 35.5. The summed E-state index contributed by atoms with van der Waals surface area (Å²) in [5.74, 6) is 1.51. The van der Waals surface area contributed by atoms with Crippen LogP contribution in [-0.4, -0.2) is 32.7 Å². The van der Waals surface area contributed by atoms with Crippen molar-refractivity contribution in [2.75, 3.05) is 7.11 Å². The lowest BCUT2D eigenvalue weighted by Crippen LogP contribution is -2.12. The lowest BCUT2D eigenvalue weighted by molar-refractivity contribution is 0.200. The summed E-state index contributed by atoms with van der Waals surface area (Å²) in [6, 6.07) is 5.93. The van der Waals surface area contributed by atoms with E-state index in [1.807, 2.05) is 22.8 Å². The lowest BCUT2D eigenvalue weighted by atomic mass is 10.2. The predicted molar refractivity (Wildman–Crippen MR) is 100 cm³/mol. The van der Waals surface area contributed by atoms with Crippen LogP contribution in [0.4, 0.5) is 0 Å². The second-order valence-corrected chi connectivity index (χ2v) is 7.03. The van der Waals surface area contributed by atoms with Crippen molar-refractivity contribution < 1.29 is 9.47 Å². The first-order valence-electron chi connectivity index (χ1n) is 8.51. The van der Waals surface area contributed by atoms with E-state index in [4.69, 9.17) is 32.7 Å². The van der Waals surface area contributed by atoms with Crippen molar-refractivity contribution >= 4 is 34.4 Å². The van der Waals surface area contributed by atoms with Gasteiger partial charge in [-0.3, -0.25) is 0 Å². The fourth-order valence-electron chi connectivity index (χ4n) is 3.29. The fourth-order valence-corrected chi connectivity index (χ4v) is 3.72. The van der Waals surface area contributed by atoms with Gasteiger partial charge in [0.05, 0.1) is 26.1 Å². The highest BCUT2D eigenvalue weighted by Gasteiger charge is 2.19. The quantitative estimate of drug-likeness (QED) is 0.472. The summed E-state index contributed by atoms with van der Waals surface area (Å²) < 4.78 is 13.5. The van der Waals surface area contributed by atoms with Crippen LogP contribution in [-0.2, 0) is 6.54 Å². The molecule has 26 heavy (non-hydrogen) atoms. The minimum absolute atomic E-state index is 0.101. The molecule has 6 nitrogen and oxygen atoms in total. The molecule has 0 N–H and O–H groups in total. The van der Waals surface area contributed by atoms with E-state index >= 15 is 0 Å². The minimum Gasteiger partial charge on any atom is -0.493 e. The number of fused-ring (bicyclic) bond motifs is 1. The van der Waals surface area contributed by atoms with Crippen LogP contribution in [0.15, 0.2) is 24.5 Å². The summed E-state index contributed by atoms with van der Waals surface area (Å²) in [7, 11) is 1.65. The van der Waals surface area contributed by atoms with Gasteiger partial charge in [-0.05, 0) is 55.0 Å². The van der Waals surface area contributed by atoms with Crippen LogP contribution in [0, 0.1) is 0 Å². The molecule has 1 aliphatic rings. The third-order valence-electron chi connectivity index (χ3n) is 4.57. The summed E-state index contributed by atoms with van der Waals surface area (Å²) in [5, 5.41) is 0.350. The Kier molecular flexibility index (Phi) is 4.87. The van der Waals surface area contributed by atoms with E-state index in [1.165, 1.54) is 12.8 Å². The maximum absolute atomic E-state index is 6.17. The zero-order valence-electron chi connectivity index (χ0n) is 14.3. The van der Waals surface area contributed by atoms with Crippen molar-refractivity contribution in [3.05, 3.63) is 40.5 Å². The van der Waals surface area contributed by atoms with E-state index in [9.17, 15) is 0 Å². The van der Waals surface area contributed by atoms with Gasteiger partial charge in [-0.25, -0.2) is 9.97 Å². The highest BCUT2D eigenvalue weighted by Crippen LogP contribution is 2.33. The van der Waals surface area contributed by atoms with Crippen LogP contribution in [0.5, 0.6) is 11.5 Å². The molecule has 0 unspecified atom stereocenters. The first-order chi connectivity index (χ1) is 12.6. The topological polar surface area (TPSA) is 62.1 Å². The number of hydrogen-bond donors (Lipinski definition) is 0. The van der Waals surface area contributed by atoms with E-state index in [-0.39, 0.29) is 16.5 Å². The summed E-state index contributed by atoms with van der Waals surface area (Å²) in [5.41, 5.74) is 2.18. The number of aromatic nitrogens is 4. The molecule has 0 spiro atoms. The Morgan fingerprint density at radius 1 is 1.15 bits per heavy atom. The van der Waals surface area contributed by atoms with Gasteiger partial charge in [0.25, 0.3) is 0 Å². The predicted octanol–water partition coefficient (Wildman–Crippen LogP) is 4.51. The van der Waals surface area contributed by atoms with E-state index in [0.29, 0.717) is 17.7 Å². The standard InChI is InChI=1S/C18H18Cl2N4O2/c1-25-13-7-6-11(8-14(13)26-12-4-2-3-5-12)9-24-10-21-15-16(19)22-18(20)23-17(15)24/h6-8,10,12H,2-5,9H2,1H3. The van der Waals surface area contributed by atoms with E-state index in [1.54, 1.807) is 13.4 Å². The molecular formula is C18H18Cl2N4O2. The molecule has 2 heterocycles. The molecule has 1 saturated carbocycles. The number of methoxy groups -OCH3 is 1. The Morgan fingerprint density at radius 3 is 2.73 bits per heavy atom. The molecule has 0 aliphatic heterocycles. The summed E-state index contributed by atoms with van der Waals surface area (Å²) in [6.45, 7) is 0.561. The van der Waals surface area contributed by atoms with E-state index in [2.05, 4.69) is 15.0 Å². The lowest BCUT2D eigenvalue weighted by Gasteiger charge is -2.17. The van der Waals surface area contributed by atoms with E-state index < -0.39 is 0 Å². The number of rotatable bonds is 5. The number of nitrogens with zero attached hydrogens (tertiary/aromatic N) is 4. The molecule has 4 rings (SSSR count). The Morgan fingerprint density at radius 2 is 1.96 bits per heavy atom. The molecule has 0 amide bonds. The molecule has 3 aromatic rings. The van der Waals surface area contributed by atoms with Crippen LogP contribution in [0.3, 0.4) is 0 Å². The van der Waals surface area contributed by atoms with Crippen LogP contribution >= 0.6 is 23.2 Å². The van der Waals surface area contributed by atoms with Crippen LogP contribution in [0.25, 0.3) is 11.2 Å². The van der Waals surface area contributed by atoms with Crippen molar-refractivity contribution in [1.29, 1.82) is 0 Å². The van der Waals surface area contributed by atoms with Crippen LogP contribution in [0.1, 0.15) is 31.2 Å². The third kappa shape index (κ3) is 3.44. The Hall–Kier alpha value is -2.05. The molecule has 0 bridgehead atoms. The first kappa shape index (κ1) is 17.4. The van der Waals surface area contributed by atoms with Gasteiger partial charge >= 0.3 is 0 Å². The zero-order chi connectivity index (χ0) is 18.1. The van der Waals surface area contributed by atoms with Gasteiger partial charge in [-0.2, -0.15) is 4.98 Å². The maximum Gasteiger partial charge on any atom is 0.225 e. The Labute approximate surface area is 161 Å². The smallest absolute Gasteiger partial charge is 0.225 e. The number of imidazole rings is 1. The van der Waals surface area contributed by atoms with Gasteiger partial charge in [-0.1, -0.05) is 17.7 Å². The summed E-state index contributed by atoms with van der Waals surface area (Å²) >= 11 is 12.0. The van der Waals surface area contributed by atoms with Crippen molar-refractivity contribution in [2.45, 2.75) is 38.3 Å². The third-order valence-corrected chi connectivity index (χ3v) is 5.00.